The van der Waals surface area contributed by atoms with Crippen LogP contribution in [0.5, 0.6) is 11.6 Å². The maximum absolute atomic E-state index is 11.8. The van der Waals surface area contributed by atoms with Crippen molar-refractivity contribution in [2.24, 2.45) is 0 Å². The van der Waals surface area contributed by atoms with Crippen LogP contribution in [0, 0.1) is 0 Å². The predicted octanol–water partition coefficient (Wildman–Crippen LogP) is 2.74. The van der Waals surface area contributed by atoms with Crippen molar-refractivity contribution in [3.8, 4) is 11.6 Å². The summed E-state index contributed by atoms with van der Waals surface area (Å²) in [6.07, 6.45) is 1.52. The van der Waals surface area contributed by atoms with E-state index in [4.69, 9.17) is 9.47 Å². The molecule has 0 radical (unpaired) electrons. The first-order valence-electron chi connectivity index (χ1n) is 5.93. The van der Waals surface area contributed by atoms with E-state index in [0.717, 1.165) is 0 Å². The standard InChI is InChI=1S/C14H15N3O3/c1-19-12-5-3-4-10(8-12)16-14(18)17-11-6-7-13(20-2)15-9-11/h3-9H,1-2H3,(H2,16,17,18). The lowest BCUT2D eigenvalue weighted by molar-refractivity contribution is 0.262. The van der Waals surface area contributed by atoms with Gasteiger partial charge in [-0.15, -0.1) is 0 Å². The average Bonchev–Trinajstić information content (AvgIpc) is 2.48. The molecule has 6 nitrogen and oxygen atoms in total. The molecule has 0 bridgehead atoms. The van der Waals surface area contributed by atoms with Crippen molar-refractivity contribution in [2.75, 3.05) is 24.9 Å². The lowest BCUT2D eigenvalue weighted by atomic mass is 10.3. The molecule has 1 aromatic carbocycles. The summed E-state index contributed by atoms with van der Waals surface area (Å²) in [5.41, 5.74) is 1.22. The Balaban J connectivity index is 1.97. The molecule has 0 aliphatic rings. The van der Waals surface area contributed by atoms with E-state index < -0.39 is 0 Å². The fourth-order valence-electron chi connectivity index (χ4n) is 1.57. The number of pyridine rings is 1. The monoisotopic (exact) mass is 273 g/mol. The van der Waals surface area contributed by atoms with Crippen LogP contribution in [0.15, 0.2) is 42.6 Å². The number of carbonyl (C=O) groups excluding carboxylic acids is 1. The number of amides is 2. The summed E-state index contributed by atoms with van der Waals surface area (Å²) in [4.78, 5) is 15.8. The van der Waals surface area contributed by atoms with Crippen LogP contribution in [-0.2, 0) is 0 Å². The van der Waals surface area contributed by atoms with E-state index in [9.17, 15) is 4.79 Å². The van der Waals surface area contributed by atoms with Gasteiger partial charge in [-0.05, 0) is 18.2 Å². The summed E-state index contributed by atoms with van der Waals surface area (Å²) < 4.78 is 10.0. The molecule has 0 saturated heterocycles. The number of benzene rings is 1. The molecule has 2 N–H and O–H groups in total. The van der Waals surface area contributed by atoms with Crippen LogP contribution < -0.4 is 20.1 Å². The number of aromatic nitrogens is 1. The molecule has 1 aromatic heterocycles. The van der Waals surface area contributed by atoms with Crippen molar-refractivity contribution in [3.05, 3.63) is 42.6 Å². The third kappa shape index (κ3) is 3.61. The Kier molecular flexibility index (Phi) is 4.39. The highest BCUT2D eigenvalue weighted by Gasteiger charge is 2.04. The van der Waals surface area contributed by atoms with Crippen LogP contribution in [0.4, 0.5) is 16.2 Å². The first-order valence-corrected chi connectivity index (χ1v) is 5.93. The van der Waals surface area contributed by atoms with E-state index in [1.807, 2.05) is 0 Å². The van der Waals surface area contributed by atoms with Crippen LogP contribution in [0.25, 0.3) is 0 Å². The molecule has 104 valence electrons. The topological polar surface area (TPSA) is 72.5 Å². The number of methoxy groups -OCH3 is 2. The zero-order valence-corrected chi connectivity index (χ0v) is 11.2. The van der Waals surface area contributed by atoms with Gasteiger partial charge in [-0.3, -0.25) is 0 Å². The van der Waals surface area contributed by atoms with Gasteiger partial charge < -0.3 is 20.1 Å². The molecule has 0 atom stereocenters. The summed E-state index contributed by atoms with van der Waals surface area (Å²) in [5.74, 6) is 1.16. The van der Waals surface area contributed by atoms with E-state index in [1.165, 1.54) is 13.3 Å². The summed E-state index contributed by atoms with van der Waals surface area (Å²) in [6, 6.07) is 10.1. The van der Waals surface area contributed by atoms with Gasteiger partial charge in [0.25, 0.3) is 0 Å². The molecule has 0 aliphatic heterocycles. The minimum atomic E-state index is -0.356. The van der Waals surface area contributed by atoms with Gasteiger partial charge in [-0.2, -0.15) is 0 Å². The molecule has 2 rings (SSSR count). The molecular formula is C14H15N3O3. The second-order valence-corrected chi connectivity index (χ2v) is 3.90. The van der Waals surface area contributed by atoms with E-state index >= 15 is 0 Å². The van der Waals surface area contributed by atoms with Gasteiger partial charge in [0.05, 0.1) is 26.1 Å². The molecule has 0 fully saturated rings. The zero-order chi connectivity index (χ0) is 14.4. The quantitative estimate of drug-likeness (QED) is 0.898. The van der Waals surface area contributed by atoms with Crippen LogP contribution in [0.3, 0.4) is 0 Å². The predicted molar refractivity (Wildman–Crippen MR) is 76.4 cm³/mol. The number of ether oxygens (including phenoxy) is 2. The van der Waals surface area contributed by atoms with E-state index in [0.29, 0.717) is 23.0 Å². The van der Waals surface area contributed by atoms with Crippen molar-refractivity contribution < 1.29 is 14.3 Å². The highest BCUT2D eigenvalue weighted by molar-refractivity contribution is 5.99. The van der Waals surface area contributed by atoms with Crippen molar-refractivity contribution >= 4 is 17.4 Å². The molecular weight excluding hydrogens is 258 g/mol. The number of nitrogens with zero attached hydrogens (tertiary/aromatic N) is 1. The SMILES string of the molecule is COc1cccc(NC(=O)Nc2ccc(OC)nc2)c1. The Labute approximate surface area is 116 Å². The first kappa shape index (κ1) is 13.7. The maximum atomic E-state index is 11.8. The molecule has 1 heterocycles. The van der Waals surface area contributed by atoms with Gasteiger partial charge in [0, 0.05) is 17.8 Å². The summed E-state index contributed by atoms with van der Waals surface area (Å²) in [5, 5.41) is 5.37. The van der Waals surface area contributed by atoms with Gasteiger partial charge in [-0.1, -0.05) is 6.07 Å². The zero-order valence-electron chi connectivity index (χ0n) is 11.2. The number of carbonyl (C=O) groups is 1. The van der Waals surface area contributed by atoms with Crippen molar-refractivity contribution in [1.29, 1.82) is 0 Å². The van der Waals surface area contributed by atoms with Crippen molar-refractivity contribution in [2.45, 2.75) is 0 Å². The summed E-state index contributed by atoms with van der Waals surface area (Å²) in [6.45, 7) is 0. The van der Waals surface area contributed by atoms with Gasteiger partial charge >= 0.3 is 6.03 Å². The third-order valence-corrected chi connectivity index (χ3v) is 2.53. The molecule has 2 amide bonds. The van der Waals surface area contributed by atoms with Gasteiger partial charge in [-0.25, -0.2) is 9.78 Å². The Morgan fingerprint density at radius 1 is 1.05 bits per heavy atom. The Hall–Kier alpha value is -2.76. The number of hydrogen-bond acceptors (Lipinski definition) is 4. The molecule has 2 aromatic rings. The highest BCUT2D eigenvalue weighted by atomic mass is 16.5. The fraction of sp³-hybridized carbons (Fsp3) is 0.143. The van der Waals surface area contributed by atoms with Crippen LogP contribution in [0.1, 0.15) is 0 Å². The van der Waals surface area contributed by atoms with Gasteiger partial charge in [0.2, 0.25) is 5.88 Å². The molecule has 6 heteroatoms. The highest BCUT2D eigenvalue weighted by Crippen LogP contribution is 2.17. The van der Waals surface area contributed by atoms with E-state index in [1.54, 1.807) is 43.5 Å². The van der Waals surface area contributed by atoms with Crippen molar-refractivity contribution in [1.82, 2.24) is 4.98 Å². The number of rotatable bonds is 4. The Morgan fingerprint density at radius 3 is 2.50 bits per heavy atom. The average molecular weight is 273 g/mol. The largest absolute Gasteiger partial charge is 0.497 e. The van der Waals surface area contributed by atoms with Crippen LogP contribution >= 0.6 is 0 Å². The second kappa shape index (κ2) is 6.42. The number of nitrogens with one attached hydrogen (secondary N) is 2. The third-order valence-electron chi connectivity index (χ3n) is 2.53. The van der Waals surface area contributed by atoms with Crippen molar-refractivity contribution in [3.63, 3.8) is 0 Å². The normalized spacial score (nSPS) is 9.70. The molecule has 0 saturated carbocycles. The molecule has 20 heavy (non-hydrogen) atoms. The maximum Gasteiger partial charge on any atom is 0.323 e. The number of hydrogen-bond donors (Lipinski definition) is 2. The fourth-order valence-corrected chi connectivity index (χ4v) is 1.57. The molecule has 0 unspecified atom stereocenters. The first-order chi connectivity index (χ1) is 9.71. The smallest absolute Gasteiger partial charge is 0.323 e. The van der Waals surface area contributed by atoms with Crippen LogP contribution in [0.2, 0.25) is 0 Å². The minimum absolute atomic E-state index is 0.356. The van der Waals surface area contributed by atoms with E-state index in [-0.39, 0.29) is 6.03 Å². The molecule has 0 aliphatic carbocycles. The summed E-state index contributed by atoms with van der Waals surface area (Å²) >= 11 is 0. The van der Waals surface area contributed by atoms with Gasteiger partial charge in [0.1, 0.15) is 5.75 Å². The number of anilines is 2. The Bertz CT molecular complexity index is 584. The number of urea groups is 1. The Morgan fingerprint density at radius 2 is 1.85 bits per heavy atom. The lowest BCUT2D eigenvalue weighted by Crippen LogP contribution is -2.19. The molecule has 0 spiro atoms. The van der Waals surface area contributed by atoms with Crippen LogP contribution in [-0.4, -0.2) is 25.2 Å². The van der Waals surface area contributed by atoms with Gasteiger partial charge in [0.15, 0.2) is 0 Å². The van der Waals surface area contributed by atoms with E-state index in [2.05, 4.69) is 15.6 Å². The minimum Gasteiger partial charge on any atom is -0.497 e. The second-order valence-electron chi connectivity index (χ2n) is 3.90. The summed E-state index contributed by atoms with van der Waals surface area (Å²) in [7, 11) is 3.10. The lowest BCUT2D eigenvalue weighted by Gasteiger charge is -2.08.